The Hall–Kier alpha value is -1.22. The predicted molar refractivity (Wildman–Crippen MR) is 62.9 cm³/mol. The molecule has 0 unspecified atom stereocenters. The van der Waals surface area contributed by atoms with Crippen molar-refractivity contribution in [1.29, 1.82) is 0 Å². The molecule has 0 aliphatic rings. The second-order valence-electron chi connectivity index (χ2n) is 3.57. The number of aromatic nitrogens is 1. The number of thioether (sulfide) groups is 1. The second-order valence-corrected chi connectivity index (χ2v) is 5.22. The van der Waals surface area contributed by atoms with Gasteiger partial charge in [0.2, 0.25) is 0 Å². The van der Waals surface area contributed by atoms with Crippen molar-refractivity contribution in [2.45, 2.75) is 24.0 Å². The lowest BCUT2D eigenvalue weighted by atomic mass is 10.2. The molecule has 1 heterocycles. The number of nitrogens with zero attached hydrogens (tertiary/aromatic N) is 1. The standard InChI is InChI=1S/C12H13NOS/c1-9(2)15-11-5-3-10(4-6-11)12-7-8-13-14-12/h3-9H,1-2H3. The van der Waals surface area contributed by atoms with Gasteiger partial charge in [-0.25, -0.2) is 0 Å². The van der Waals surface area contributed by atoms with Crippen molar-refractivity contribution in [1.82, 2.24) is 5.16 Å². The van der Waals surface area contributed by atoms with E-state index in [9.17, 15) is 0 Å². The largest absolute Gasteiger partial charge is 0.356 e. The fourth-order valence-corrected chi connectivity index (χ4v) is 2.17. The fraction of sp³-hybridized carbons (Fsp3) is 0.250. The average Bonchev–Trinajstić information content (AvgIpc) is 2.71. The highest BCUT2D eigenvalue weighted by atomic mass is 32.2. The first-order valence-electron chi connectivity index (χ1n) is 4.93. The lowest BCUT2D eigenvalue weighted by Crippen LogP contribution is -1.85. The Labute approximate surface area is 93.7 Å². The Balaban J connectivity index is 2.17. The Morgan fingerprint density at radius 1 is 1.13 bits per heavy atom. The van der Waals surface area contributed by atoms with Crippen LogP contribution >= 0.6 is 11.8 Å². The van der Waals surface area contributed by atoms with Crippen molar-refractivity contribution in [3.8, 4) is 11.3 Å². The van der Waals surface area contributed by atoms with Crippen molar-refractivity contribution in [2.24, 2.45) is 0 Å². The maximum atomic E-state index is 5.08. The van der Waals surface area contributed by atoms with E-state index in [-0.39, 0.29) is 0 Å². The van der Waals surface area contributed by atoms with Gasteiger partial charge in [0, 0.05) is 21.8 Å². The predicted octanol–water partition coefficient (Wildman–Crippen LogP) is 3.84. The quantitative estimate of drug-likeness (QED) is 0.733. The first-order chi connectivity index (χ1) is 7.25. The van der Waals surface area contributed by atoms with Crippen LogP contribution in [0.4, 0.5) is 0 Å². The Morgan fingerprint density at radius 2 is 1.87 bits per heavy atom. The summed E-state index contributed by atoms with van der Waals surface area (Å²) in [5.74, 6) is 0.816. The number of hydrogen-bond acceptors (Lipinski definition) is 3. The molecule has 0 aliphatic carbocycles. The van der Waals surface area contributed by atoms with Crippen molar-refractivity contribution in [2.75, 3.05) is 0 Å². The smallest absolute Gasteiger partial charge is 0.166 e. The van der Waals surface area contributed by atoms with Crippen LogP contribution in [0.3, 0.4) is 0 Å². The fourth-order valence-electron chi connectivity index (χ4n) is 1.33. The highest BCUT2D eigenvalue weighted by molar-refractivity contribution is 7.99. The SMILES string of the molecule is CC(C)Sc1ccc(-c2ccno2)cc1. The van der Waals surface area contributed by atoms with Gasteiger partial charge in [-0.15, -0.1) is 11.8 Å². The topological polar surface area (TPSA) is 26.0 Å². The van der Waals surface area contributed by atoms with Crippen LogP contribution in [-0.2, 0) is 0 Å². The van der Waals surface area contributed by atoms with Gasteiger partial charge in [-0.3, -0.25) is 0 Å². The van der Waals surface area contributed by atoms with Crippen LogP contribution < -0.4 is 0 Å². The molecule has 0 saturated carbocycles. The molecule has 0 bridgehead atoms. The molecule has 0 N–H and O–H groups in total. The molecule has 0 amide bonds. The zero-order chi connectivity index (χ0) is 10.7. The van der Waals surface area contributed by atoms with Crippen molar-refractivity contribution < 1.29 is 4.52 Å². The van der Waals surface area contributed by atoms with E-state index in [2.05, 4.69) is 43.3 Å². The van der Waals surface area contributed by atoms with Crippen LogP contribution in [0.15, 0.2) is 45.9 Å². The molecule has 0 atom stereocenters. The Kier molecular flexibility index (Phi) is 3.11. The molecular weight excluding hydrogens is 206 g/mol. The molecule has 0 radical (unpaired) electrons. The number of benzene rings is 1. The Morgan fingerprint density at radius 3 is 2.40 bits per heavy atom. The molecule has 15 heavy (non-hydrogen) atoms. The molecule has 2 aromatic rings. The van der Waals surface area contributed by atoms with Gasteiger partial charge in [-0.2, -0.15) is 0 Å². The van der Waals surface area contributed by atoms with Crippen molar-refractivity contribution in [3.05, 3.63) is 36.5 Å². The summed E-state index contributed by atoms with van der Waals surface area (Å²) in [4.78, 5) is 1.29. The van der Waals surface area contributed by atoms with Gasteiger partial charge in [-0.1, -0.05) is 31.1 Å². The second kappa shape index (κ2) is 4.53. The summed E-state index contributed by atoms with van der Waals surface area (Å²) in [5, 5.41) is 4.30. The van der Waals surface area contributed by atoms with Gasteiger partial charge in [0.15, 0.2) is 5.76 Å². The van der Waals surface area contributed by atoms with Gasteiger partial charge in [0.1, 0.15) is 0 Å². The van der Waals surface area contributed by atoms with E-state index in [4.69, 9.17) is 4.52 Å². The molecular formula is C12H13NOS. The first-order valence-corrected chi connectivity index (χ1v) is 5.81. The molecule has 2 rings (SSSR count). The third-order valence-corrected chi connectivity index (χ3v) is 2.96. The van der Waals surface area contributed by atoms with Crippen LogP contribution in [-0.4, -0.2) is 10.4 Å². The molecule has 0 saturated heterocycles. The monoisotopic (exact) mass is 219 g/mol. The highest BCUT2D eigenvalue weighted by Crippen LogP contribution is 2.26. The number of rotatable bonds is 3. The molecule has 1 aromatic heterocycles. The zero-order valence-electron chi connectivity index (χ0n) is 8.81. The van der Waals surface area contributed by atoms with E-state index >= 15 is 0 Å². The molecule has 0 fully saturated rings. The molecule has 3 heteroatoms. The van der Waals surface area contributed by atoms with Crippen LogP contribution in [0.2, 0.25) is 0 Å². The number of hydrogen-bond donors (Lipinski definition) is 0. The van der Waals surface area contributed by atoms with E-state index in [0.29, 0.717) is 5.25 Å². The molecule has 2 nitrogen and oxygen atoms in total. The minimum Gasteiger partial charge on any atom is -0.356 e. The van der Waals surface area contributed by atoms with E-state index < -0.39 is 0 Å². The normalized spacial score (nSPS) is 10.9. The molecule has 0 aliphatic heterocycles. The summed E-state index contributed by atoms with van der Waals surface area (Å²) < 4.78 is 5.08. The highest BCUT2D eigenvalue weighted by Gasteiger charge is 2.02. The Bertz CT molecular complexity index is 406. The maximum absolute atomic E-state index is 5.08. The lowest BCUT2D eigenvalue weighted by Gasteiger charge is -2.04. The summed E-state index contributed by atoms with van der Waals surface area (Å²) >= 11 is 1.86. The third-order valence-electron chi connectivity index (χ3n) is 1.95. The van der Waals surface area contributed by atoms with Crippen molar-refractivity contribution in [3.63, 3.8) is 0 Å². The van der Waals surface area contributed by atoms with Crippen LogP contribution in [0.25, 0.3) is 11.3 Å². The molecule has 1 aromatic carbocycles. The van der Waals surface area contributed by atoms with Gasteiger partial charge >= 0.3 is 0 Å². The summed E-state index contributed by atoms with van der Waals surface area (Å²) in [7, 11) is 0. The van der Waals surface area contributed by atoms with Gasteiger partial charge in [-0.05, 0) is 12.1 Å². The van der Waals surface area contributed by atoms with E-state index in [1.165, 1.54) is 4.90 Å². The van der Waals surface area contributed by atoms with E-state index in [1.807, 2.05) is 17.8 Å². The first kappa shape index (κ1) is 10.3. The minimum atomic E-state index is 0.612. The van der Waals surface area contributed by atoms with Gasteiger partial charge < -0.3 is 4.52 Å². The zero-order valence-corrected chi connectivity index (χ0v) is 9.62. The van der Waals surface area contributed by atoms with E-state index in [0.717, 1.165) is 11.3 Å². The van der Waals surface area contributed by atoms with Gasteiger partial charge in [0.05, 0.1) is 6.20 Å². The minimum absolute atomic E-state index is 0.612. The summed E-state index contributed by atoms with van der Waals surface area (Å²) in [6.45, 7) is 4.38. The summed E-state index contributed by atoms with van der Waals surface area (Å²) in [6, 6.07) is 10.2. The molecule has 0 spiro atoms. The third kappa shape index (κ3) is 2.63. The van der Waals surface area contributed by atoms with Crippen LogP contribution in [0.5, 0.6) is 0 Å². The van der Waals surface area contributed by atoms with E-state index in [1.54, 1.807) is 6.20 Å². The summed E-state index contributed by atoms with van der Waals surface area (Å²) in [5.41, 5.74) is 1.07. The maximum Gasteiger partial charge on any atom is 0.166 e. The van der Waals surface area contributed by atoms with Crippen molar-refractivity contribution >= 4 is 11.8 Å². The van der Waals surface area contributed by atoms with Gasteiger partial charge in [0.25, 0.3) is 0 Å². The average molecular weight is 219 g/mol. The summed E-state index contributed by atoms with van der Waals surface area (Å²) in [6.07, 6.45) is 1.66. The van der Waals surface area contributed by atoms with Crippen LogP contribution in [0, 0.1) is 0 Å². The lowest BCUT2D eigenvalue weighted by molar-refractivity contribution is 0.432. The molecule has 78 valence electrons. The van der Waals surface area contributed by atoms with Crippen LogP contribution in [0.1, 0.15) is 13.8 Å².